The lowest BCUT2D eigenvalue weighted by molar-refractivity contribution is -0.385. The van der Waals surface area contributed by atoms with Crippen LogP contribution in [0.4, 0.5) is 11.5 Å². The van der Waals surface area contributed by atoms with Crippen molar-refractivity contribution in [1.82, 2.24) is 4.98 Å². The maximum absolute atomic E-state index is 10.6. The van der Waals surface area contributed by atoms with Crippen LogP contribution in [0.15, 0.2) is 41.0 Å². The molecule has 21 heavy (non-hydrogen) atoms. The van der Waals surface area contributed by atoms with Crippen molar-refractivity contribution in [1.29, 1.82) is 0 Å². The summed E-state index contributed by atoms with van der Waals surface area (Å²) in [4.78, 5) is 14.2. The average molecular weight is 351 g/mol. The van der Waals surface area contributed by atoms with Crippen LogP contribution < -0.4 is 11.1 Å². The van der Waals surface area contributed by atoms with Crippen LogP contribution >= 0.6 is 15.9 Å². The molecule has 110 valence electrons. The molecule has 2 aromatic rings. The van der Waals surface area contributed by atoms with Gasteiger partial charge >= 0.3 is 0 Å². The highest BCUT2D eigenvalue weighted by Crippen LogP contribution is 2.24. The molecule has 0 aliphatic heterocycles. The second kappa shape index (κ2) is 7.14. The van der Waals surface area contributed by atoms with E-state index < -0.39 is 4.92 Å². The minimum absolute atomic E-state index is 0.0430. The van der Waals surface area contributed by atoms with Crippen LogP contribution in [0, 0.1) is 10.1 Å². The number of nitrogens with two attached hydrogens (primary N) is 1. The van der Waals surface area contributed by atoms with E-state index in [9.17, 15) is 10.1 Å². The first-order chi connectivity index (χ1) is 10.1. The third-order valence-electron chi connectivity index (χ3n) is 2.95. The van der Waals surface area contributed by atoms with Gasteiger partial charge in [-0.3, -0.25) is 10.1 Å². The van der Waals surface area contributed by atoms with Gasteiger partial charge in [-0.15, -0.1) is 0 Å². The second-order valence-corrected chi connectivity index (χ2v) is 5.34. The lowest BCUT2D eigenvalue weighted by Gasteiger charge is -2.08. The topological polar surface area (TPSA) is 94.1 Å². The van der Waals surface area contributed by atoms with Crippen LogP contribution in [0.1, 0.15) is 11.1 Å². The summed E-state index contributed by atoms with van der Waals surface area (Å²) in [6, 6.07) is 9.57. The van der Waals surface area contributed by atoms with E-state index in [1.165, 1.54) is 17.8 Å². The Morgan fingerprint density at radius 1 is 1.29 bits per heavy atom. The number of aromatic nitrogens is 1. The molecule has 0 atom stereocenters. The summed E-state index contributed by atoms with van der Waals surface area (Å²) in [5.74, 6) is 0.576. The fourth-order valence-corrected chi connectivity index (χ4v) is 2.31. The van der Waals surface area contributed by atoms with Crippen molar-refractivity contribution >= 4 is 27.4 Å². The Morgan fingerprint density at radius 3 is 2.52 bits per heavy atom. The molecule has 0 saturated carbocycles. The molecule has 2 rings (SSSR count). The molecule has 7 heteroatoms. The molecule has 0 amide bonds. The predicted molar refractivity (Wildman–Crippen MR) is 85.1 cm³/mol. The van der Waals surface area contributed by atoms with Crippen LogP contribution in [0.25, 0.3) is 0 Å². The average Bonchev–Trinajstić information content (AvgIpc) is 2.47. The number of benzene rings is 1. The van der Waals surface area contributed by atoms with Gasteiger partial charge < -0.3 is 11.1 Å². The fourth-order valence-electron chi connectivity index (χ4n) is 1.83. The van der Waals surface area contributed by atoms with Crippen LogP contribution in [0.3, 0.4) is 0 Å². The molecular weight excluding hydrogens is 336 g/mol. The minimum Gasteiger partial charge on any atom is -0.365 e. The molecule has 0 spiro atoms. The van der Waals surface area contributed by atoms with E-state index in [0.29, 0.717) is 23.4 Å². The van der Waals surface area contributed by atoms with E-state index in [2.05, 4.69) is 26.2 Å². The first-order valence-corrected chi connectivity index (χ1v) is 7.21. The van der Waals surface area contributed by atoms with Crippen LogP contribution in [0.5, 0.6) is 0 Å². The number of nitro groups is 1. The van der Waals surface area contributed by atoms with Crippen LogP contribution in [-0.2, 0) is 13.0 Å². The first kappa shape index (κ1) is 15.4. The Morgan fingerprint density at radius 2 is 1.95 bits per heavy atom. The van der Waals surface area contributed by atoms with Crippen molar-refractivity contribution in [2.24, 2.45) is 5.73 Å². The van der Waals surface area contributed by atoms with Crippen LogP contribution in [0.2, 0.25) is 0 Å². The van der Waals surface area contributed by atoms with E-state index in [1.54, 1.807) is 0 Å². The number of halogens is 1. The normalized spacial score (nSPS) is 10.4. The van der Waals surface area contributed by atoms with Gasteiger partial charge in [0.05, 0.1) is 9.40 Å². The summed E-state index contributed by atoms with van der Waals surface area (Å²) in [5, 5.41) is 13.8. The summed E-state index contributed by atoms with van der Waals surface area (Å²) in [5.41, 5.74) is 7.77. The van der Waals surface area contributed by atoms with Crippen molar-refractivity contribution in [3.8, 4) is 0 Å². The molecule has 3 N–H and O–H groups in total. The zero-order valence-corrected chi connectivity index (χ0v) is 12.8. The molecule has 0 unspecified atom stereocenters. The second-order valence-electron chi connectivity index (χ2n) is 4.49. The zero-order chi connectivity index (χ0) is 15.2. The number of nitrogens with zero attached hydrogens (tertiary/aromatic N) is 2. The van der Waals surface area contributed by atoms with E-state index in [4.69, 9.17) is 5.73 Å². The molecule has 0 radical (unpaired) electrons. The number of anilines is 1. The van der Waals surface area contributed by atoms with E-state index in [-0.39, 0.29) is 5.69 Å². The highest BCUT2D eigenvalue weighted by atomic mass is 79.9. The largest absolute Gasteiger partial charge is 0.365 e. The molecule has 0 fully saturated rings. The van der Waals surface area contributed by atoms with E-state index in [0.717, 1.165) is 12.0 Å². The molecule has 6 nitrogen and oxygen atoms in total. The van der Waals surface area contributed by atoms with Crippen molar-refractivity contribution in [2.75, 3.05) is 11.9 Å². The number of nitrogens with one attached hydrogen (secondary N) is 1. The SMILES string of the molecule is NCCc1ccc(CNc2ncc([N+](=O)[O-])cc2Br)cc1. The standard InChI is InChI=1S/C14H15BrN4O2/c15-13-7-12(19(20)21)9-18-14(13)17-8-11-3-1-10(2-4-11)5-6-16/h1-4,7,9H,5-6,8,16H2,(H,17,18). The molecule has 0 saturated heterocycles. The number of hydrogen-bond donors (Lipinski definition) is 2. The van der Waals surface area contributed by atoms with Gasteiger partial charge in [-0.05, 0) is 40.0 Å². The Bertz CT molecular complexity index is 631. The summed E-state index contributed by atoms with van der Waals surface area (Å²) in [7, 11) is 0. The van der Waals surface area contributed by atoms with Gasteiger partial charge in [-0.25, -0.2) is 4.98 Å². The van der Waals surface area contributed by atoms with E-state index in [1.807, 2.05) is 24.3 Å². The Hall–Kier alpha value is -1.99. The van der Waals surface area contributed by atoms with Gasteiger partial charge in [-0.2, -0.15) is 0 Å². The zero-order valence-electron chi connectivity index (χ0n) is 11.3. The molecule has 0 aliphatic carbocycles. The third-order valence-corrected chi connectivity index (χ3v) is 3.56. The summed E-state index contributed by atoms with van der Waals surface area (Å²) in [6.07, 6.45) is 2.10. The number of pyridine rings is 1. The first-order valence-electron chi connectivity index (χ1n) is 6.42. The molecule has 0 aliphatic rings. The van der Waals surface area contributed by atoms with Gasteiger partial charge in [0, 0.05) is 12.6 Å². The summed E-state index contributed by atoms with van der Waals surface area (Å²) >= 11 is 3.28. The van der Waals surface area contributed by atoms with Crippen LogP contribution in [-0.4, -0.2) is 16.5 Å². The van der Waals surface area contributed by atoms with Gasteiger partial charge in [0.1, 0.15) is 12.0 Å². The highest BCUT2D eigenvalue weighted by Gasteiger charge is 2.10. The van der Waals surface area contributed by atoms with Crippen molar-refractivity contribution < 1.29 is 4.92 Å². The molecule has 1 heterocycles. The summed E-state index contributed by atoms with van der Waals surface area (Å²) in [6.45, 7) is 1.23. The van der Waals surface area contributed by atoms with Crippen molar-refractivity contribution in [2.45, 2.75) is 13.0 Å². The Kier molecular flexibility index (Phi) is 5.24. The quantitative estimate of drug-likeness (QED) is 0.617. The molecular formula is C14H15BrN4O2. The monoisotopic (exact) mass is 350 g/mol. The van der Waals surface area contributed by atoms with Gasteiger partial charge in [0.2, 0.25) is 0 Å². The summed E-state index contributed by atoms with van der Waals surface area (Å²) < 4.78 is 0.566. The Labute approximate surface area is 130 Å². The number of hydrogen-bond acceptors (Lipinski definition) is 5. The van der Waals surface area contributed by atoms with Crippen molar-refractivity contribution in [3.63, 3.8) is 0 Å². The predicted octanol–water partition coefficient (Wildman–Crippen LogP) is 2.87. The maximum atomic E-state index is 10.6. The van der Waals surface area contributed by atoms with Gasteiger partial charge in [0.15, 0.2) is 0 Å². The molecule has 0 bridgehead atoms. The minimum atomic E-state index is -0.474. The number of rotatable bonds is 6. The molecule has 1 aromatic carbocycles. The highest BCUT2D eigenvalue weighted by molar-refractivity contribution is 9.10. The van der Waals surface area contributed by atoms with E-state index >= 15 is 0 Å². The lowest BCUT2D eigenvalue weighted by Crippen LogP contribution is -2.04. The van der Waals surface area contributed by atoms with Gasteiger partial charge in [-0.1, -0.05) is 24.3 Å². The Balaban J connectivity index is 2.01. The lowest BCUT2D eigenvalue weighted by atomic mass is 10.1. The smallest absolute Gasteiger partial charge is 0.288 e. The van der Waals surface area contributed by atoms with Crippen molar-refractivity contribution in [3.05, 3.63) is 62.2 Å². The third kappa shape index (κ3) is 4.24. The maximum Gasteiger partial charge on any atom is 0.288 e. The fraction of sp³-hybridized carbons (Fsp3) is 0.214. The molecule has 1 aromatic heterocycles. The van der Waals surface area contributed by atoms with Gasteiger partial charge in [0.25, 0.3) is 5.69 Å².